The molecule has 0 aliphatic heterocycles. The van der Waals surface area contributed by atoms with Crippen molar-refractivity contribution in [3.63, 3.8) is 0 Å². The molecule has 6 nitrogen and oxygen atoms in total. The molecule has 0 aromatic heterocycles. The molecule has 0 heterocycles. The van der Waals surface area contributed by atoms with Crippen LogP contribution in [0.5, 0.6) is 0 Å². The molecule has 120 valence electrons. The topological polar surface area (TPSA) is 106 Å². The van der Waals surface area contributed by atoms with Crippen LogP contribution in [-0.4, -0.2) is 36.2 Å². The Morgan fingerprint density at radius 2 is 1.62 bits per heavy atom. The first kappa shape index (κ1) is 18.1. The highest BCUT2D eigenvalue weighted by Crippen LogP contribution is 2.24. The number of benzene rings is 1. The van der Waals surface area contributed by atoms with Crippen LogP contribution in [0.4, 0.5) is 0 Å². The molecule has 0 aliphatic carbocycles. The summed E-state index contributed by atoms with van der Waals surface area (Å²) in [6.45, 7) is 3.95. The third kappa shape index (κ3) is 4.77. The third-order valence-corrected chi connectivity index (χ3v) is 5.88. The minimum absolute atomic E-state index is 0.00988. The van der Waals surface area contributed by atoms with E-state index in [0.717, 1.165) is 12.7 Å². The number of nitrogens with one attached hydrogen (secondary N) is 1. The summed E-state index contributed by atoms with van der Waals surface area (Å²) < 4.78 is 50.6. The number of sulfone groups is 1. The smallest absolute Gasteiger partial charge is 0.240 e. The van der Waals surface area contributed by atoms with Gasteiger partial charge in [0.1, 0.15) is 0 Å². The van der Waals surface area contributed by atoms with Crippen LogP contribution in [0.25, 0.3) is 0 Å². The Kier molecular flexibility index (Phi) is 5.92. The van der Waals surface area contributed by atoms with E-state index in [-0.39, 0.29) is 21.9 Å². The van der Waals surface area contributed by atoms with Gasteiger partial charge in [0, 0.05) is 12.8 Å². The lowest BCUT2D eigenvalue weighted by Gasteiger charge is -2.13. The summed E-state index contributed by atoms with van der Waals surface area (Å²) in [5, 5.41) is 0. The molecule has 1 aromatic rings. The Morgan fingerprint density at radius 3 is 2.14 bits per heavy atom. The van der Waals surface area contributed by atoms with Crippen molar-refractivity contribution < 1.29 is 16.8 Å². The van der Waals surface area contributed by atoms with E-state index in [1.807, 2.05) is 0 Å². The fourth-order valence-electron chi connectivity index (χ4n) is 2.01. The quantitative estimate of drug-likeness (QED) is 0.715. The molecule has 1 rings (SSSR count). The maximum atomic E-state index is 12.3. The summed E-state index contributed by atoms with van der Waals surface area (Å²) in [7, 11) is -7.21. The first-order valence-electron chi connectivity index (χ1n) is 6.60. The minimum Gasteiger partial charge on any atom is -0.330 e. The van der Waals surface area contributed by atoms with E-state index in [4.69, 9.17) is 5.73 Å². The fourth-order valence-corrected chi connectivity index (χ4v) is 4.56. The van der Waals surface area contributed by atoms with Crippen LogP contribution >= 0.6 is 0 Å². The monoisotopic (exact) mass is 334 g/mol. The molecule has 0 atom stereocenters. The maximum Gasteiger partial charge on any atom is 0.240 e. The second kappa shape index (κ2) is 6.87. The average Bonchev–Trinajstić information content (AvgIpc) is 2.35. The van der Waals surface area contributed by atoms with Crippen molar-refractivity contribution >= 4 is 19.9 Å². The Bertz CT molecular complexity index is 710. The van der Waals surface area contributed by atoms with E-state index in [1.165, 1.54) is 19.1 Å². The molecule has 0 spiro atoms. The van der Waals surface area contributed by atoms with Crippen molar-refractivity contribution in [3.05, 3.63) is 23.3 Å². The molecule has 0 saturated carbocycles. The van der Waals surface area contributed by atoms with Gasteiger partial charge >= 0.3 is 0 Å². The van der Waals surface area contributed by atoms with Crippen molar-refractivity contribution in [1.29, 1.82) is 0 Å². The molecular weight excluding hydrogens is 312 g/mol. The van der Waals surface area contributed by atoms with E-state index in [9.17, 15) is 16.8 Å². The number of hydrogen-bond donors (Lipinski definition) is 2. The van der Waals surface area contributed by atoms with Crippen molar-refractivity contribution in [3.8, 4) is 0 Å². The Balaban J connectivity index is 3.21. The number of hydrogen-bond acceptors (Lipinski definition) is 5. The summed E-state index contributed by atoms with van der Waals surface area (Å²) in [6.07, 6.45) is 2.43. The van der Waals surface area contributed by atoms with Gasteiger partial charge in [0.25, 0.3) is 0 Å². The lowest BCUT2D eigenvalue weighted by atomic mass is 10.2. The second-order valence-electron chi connectivity index (χ2n) is 5.05. The van der Waals surface area contributed by atoms with Crippen LogP contribution in [0.1, 0.15) is 24.0 Å². The predicted molar refractivity (Wildman–Crippen MR) is 82.5 cm³/mol. The highest BCUT2D eigenvalue weighted by atomic mass is 32.2. The number of sulfonamides is 1. The Hall–Kier alpha value is -0.960. The zero-order valence-corrected chi connectivity index (χ0v) is 14.1. The van der Waals surface area contributed by atoms with Gasteiger partial charge < -0.3 is 5.73 Å². The molecule has 8 heteroatoms. The molecule has 0 unspecified atom stereocenters. The van der Waals surface area contributed by atoms with Crippen molar-refractivity contribution in [1.82, 2.24) is 4.72 Å². The van der Waals surface area contributed by atoms with E-state index in [1.54, 1.807) is 6.92 Å². The van der Waals surface area contributed by atoms with Gasteiger partial charge in [-0.25, -0.2) is 21.6 Å². The van der Waals surface area contributed by atoms with Gasteiger partial charge in [-0.2, -0.15) is 0 Å². The standard InChI is InChI=1S/C13H22N2O4S2/c1-10-8-12(20(3,16)17)11(2)13(9-10)21(18,19)15-7-5-4-6-14/h8-9,15H,4-7,14H2,1-3H3. The largest absolute Gasteiger partial charge is 0.330 e. The van der Waals surface area contributed by atoms with Crippen molar-refractivity contribution in [2.24, 2.45) is 5.73 Å². The number of nitrogens with two attached hydrogens (primary N) is 1. The lowest BCUT2D eigenvalue weighted by Crippen LogP contribution is -2.26. The number of rotatable bonds is 7. The van der Waals surface area contributed by atoms with E-state index in [2.05, 4.69) is 4.72 Å². The van der Waals surface area contributed by atoms with Crippen LogP contribution < -0.4 is 10.5 Å². The van der Waals surface area contributed by atoms with Gasteiger partial charge in [0.2, 0.25) is 10.0 Å². The molecule has 0 aliphatic rings. The molecule has 0 fully saturated rings. The normalized spacial score (nSPS) is 12.6. The fraction of sp³-hybridized carbons (Fsp3) is 0.538. The molecule has 0 saturated heterocycles. The summed E-state index contributed by atoms with van der Waals surface area (Å²) >= 11 is 0. The van der Waals surface area contributed by atoms with Gasteiger partial charge in [0.05, 0.1) is 9.79 Å². The van der Waals surface area contributed by atoms with E-state index >= 15 is 0 Å². The molecular formula is C13H22N2O4S2. The summed E-state index contributed by atoms with van der Waals surface area (Å²) in [4.78, 5) is 0.0560. The minimum atomic E-state index is -3.73. The number of aryl methyl sites for hydroxylation is 1. The summed E-state index contributed by atoms with van der Waals surface area (Å²) in [6, 6.07) is 2.97. The van der Waals surface area contributed by atoms with Gasteiger partial charge in [0.15, 0.2) is 9.84 Å². The van der Waals surface area contributed by atoms with Crippen molar-refractivity contribution in [2.45, 2.75) is 36.5 Å². The molecule has 0 bridgehead atoms. The molecule has 3 N–H and O–H groups in total. The van der Waals surface area contributed by atoms with Gasteiger partial charge in [-0.1, -0.05) is 0 Å². The zero-order valence-electron chi connectivity index (χ0n) is 12.5. The third-order valence-electron chi connectivity index (χ3n) is 3.07. The average molecular weight is 334 g/mol. The molecule has 1 aromatic carbocycles. The van der Waals surface area contributed by atoms with Crippen molar-refractivity contribution in [2.75, 3.05) is 19.3 Å². The Labute approximate surface area is 126 Å². The maximum absolute atomic E-state index is 12.3. The van der Waals surface area contributed by atoms with Crippen LogP contribution in [0, 0.1) is 13.8 Å². The molecule has 0 radical (unpaired) electrons. The molecule has 0 amide bonds. The Morgan fingerprint density at radius 1 is 1.05 bits per heavy atom. The van der Waals surface area contributed by atoms with Gasteiger partial charge in [-0.15, -0.1) is 0 Å². The van der Waals surface area contributed by atoms with Gasteiger partial charge in [-0.3, -0.25) is 0 Å². The zero-order chi connectivity index (χ0) is 16.3. The second-order valence-corrected chi connectivity index (χ2v) is 8.77. The van der Waals surface area contributed by atoms with Crippen LogP contribution in [0.3, 0.4) is 0 Å². The first-order valence-corrected chi connectivity index (χ1v) is 9.98. The molecule has 21 heavy (non-hydrogen) atoms. The highest BCUT2D eigenvalue weighted by Gasteiger charge is 2.22. The summed E-state index contributed by atoms with van der Waals surface area (Å²) in [5.74, 6) is 0. The highest BCUT2D eigenvalue weighted by molar-refractivity contribution is 7.91. The SMILES string of the molecule is Cc1cc(S(C)(=O)=O)c(C)c(S(=O)(=O)NCCCCN)c1. The summed E-state index contributed by atoms with van der Waals surface area (Å²) in [5.41, 5.74) is 6.19. The predicted octanol–water partition coefficient (Wildman–Crippen LogP) is 0.724. The first-order chi connectivity index (χ1) is 9.59. The van der Waals surface area contributed by atoms with Crippen LogP contribution in [0.2, 0.25) is 0 Å². The van der Waals surface area contributed by atoms with Crippen LogP contribution in [-0.2, 0) is 19.9 Å². The van der Waals surface area contributed by atoms with E-state index in [0.29, 0.717) is 18.5 Å². The van der Waals surface area contributed by atoms with E-state index < -0.39 is 19.9 Å². The number of unbranched alkanes of at least 4 members (excludes halogenated alkanes) is 1. The lowest BCUT2D eigenvalue weighted by molar-refractivity contribution is 0.576. The van der Waals surface area contributed by atoms with Crippen LogP contribution in [0.15, 0.2) is 21.9 Å². The van der Waals surface area contributed by atoms with Gasteiger partial charge in [-0.05, 0) is 56.5 Å².